The van der Waals surface area contributed by atoms with Gasteiger partial charge in [-0.15, -0.1) is 11.3 Å². The predicted octanol–water partition coefficient (Wildman–Crippen LogP) is 1.37. The highest BCUT2D eigenvalue weighted by Gasteiger charge is 2.17. The van der Waals surface area contributed by atoms with Crippen LogP contribution in [0.3, 0.4) is 0 Å². The van der Waals surface area contributed by atoms with Gasteiger partial charge in [0.15, 0.2) is 5.69 Å². The van der Waals surface area contributed by atoms with Crippen molar-refractivity contribution in [1.29, 1.82) is 0 Å². The molecule has 5 heteroatoms. The number of carbonyl (C=O) groups is 2. The zero-order valence-corrected chi connectivity index (χ0v) is 9.10. The van der Waals surface area contributed by atoms with Crippen molar-refractivity contribution < 1.29 is 14.3 Å². The lowest BCUT2D eigenvalue weighted by atomic mass is 10.2. The summed E-state index contributed by atoms with van der Waals surface area (Å²) in [5.74, 6) is -0.468. The van der Waals surface area contributed by atoms with Crippen LogP contribution in [0.4, 0.5) is 0 Å². The number of hydrogen-bond donors (Lipinski definition) is 0. The molecule has 0 aliphatic carbocycles. The van der Waals surface area contributed by atoms with Gasteiger partial charge in [-0.05, 0) is 13.8 Å². The van der Waals surface area contributed by atoms with Crippen LogP contribution >= 0.6 is 11.3 Å². The minimum Gasteiger partial charge on any atom is -0.464 e. The van der Waals surface area contributed by atoms with Gasteiger partial charge >= 0.3 is 5.97 Å². The van der Waals surface area contributed by atoms with Crippen LogP contribution in [-0.2, 0) is 16.0 Å². The number of thiazole rings is 1. The van der Waals surface area contributed by atoms with E-state index < -0.39 is 5.97 Å². The summed E-state index contributed by atoms with van der Waals surface area (Å²) < 4.78 is 4.57. The number of aromatic nitrogens is 1. The van der Waals surface area contributed by atoms with Gasteiger partial charge in [0, 0.05) is 11.3 Å². The number of esters is 1. The molecule has 14 heavy (non-hydrogen) atoms. The monoisotopic (exact) mass is 213 g/mol. The van der Waals surface area contributed by atoms with E-state index in [2.05, 4.69) is 9.72 Å². The molecule has 0 fully saturated rings. The predicted molar refractivity (Wildman–Crippen MR) is 52.6 cm³/mol. The maximum atomic E-state index is 11.2. The number of ketones is 1. The van der Waals surface area contributed by atoms with Crippen LogP contribution in [-0.4, -0.2) is 23.8 Å². The Balaban J connectivity index is 3.02. The Hall–Kier alpha value is -1.23. The Morgan fingerprint density at radius 2 is 2.14 bits per heavy atom. The van der Waals surface area contributed by atoms with E-state index in [4.69, 9.17) is 0 Å². The average Bonchev–Trinajstić information content (AvgIpc) is 2.44. The molecule has 0 unspecified atom stereocenters. The maximum Gasteiger partial charge on any atom is 0.357 e. The third-order valence-electron chi connectivity index (χ3n) is 1.59. The number of ether oxygens (including phenoxy) is 1. The lowest BCUT2D eigenvalue weighted by molar-refractivity contribution is -0.116. The summed E-state index contributed by atoms with van der Waals surface area (Å²) in [6.45, 7) is 3.27. The average molecular weight is 213 g/mol. The van der Waals surface area contributed by atoms with Gasteiger partial charge in [0.05, 0.1) is 12.1 Å². The maximum absolute atomic E-state index is 11.2. The number of rotatable bonds is 3. The number of aryl methyl sites for hydroxylation is 1. The number of hydrogen-bond acceptors (Lipinski definition) is 5. The molecule has 0 saturated heterocycles. The van der Waals surface area contributed by atoms with Gasteiger partial charge < -0.3 is 4.74 Å². The Labute approximate surface area is 85.9 Å². The first-order chi connectivity index (χ1) is 6.54. The molecule has 4 nitrogen and oxygen atoms in total. The van der Waals surface area contributed by atoms with Gasteiger partial charge in [-0.2, -0.15) is 0 Å². The standard InChI is InChI=1S/C9H11NO3S/c1-5(11)4-7-8(9(12)13-3)10-6(2)14-7/h4H2,1-3H3. The minimum absolute atomic E-state index is 0.0128. The fourth-order valence-corrected chi connectivity index (χ4v) is 2.07. The molecular formula is C9H11NO3S. The molecule has 0 atom stereocenters. The molecule has 0 N–H and O–H groups in total. The molecular weight excluding hydrogens is 202 g/mol. The molecule has 0 aliphatic heterocycles. The lowest BCUT2D eigenvalue weighted by Crippen LogP contribution is -2.07. The molecule has 0 radical (unpaired) electrons. The lowest BCUT2D eigenvalue weighted by Gasteiger charge is -1.97. The third-order valence-corrected chi connectivity index (χ3v) is 2.56. The highest BCUT2D eigenvalue weighted by atomic mass is 32.1. The van der Waals surface area contributed by atoms with Gasteiger partial charge in [-0.3, -0.25) is 4.79 Å². The van der Waals surface area contributed by atoms with Crippen LogP contribution in [0.2, 0.25) is 0 Å². The minimum atomic E-state index is -0.481. The van der Waals surface area contributed by atoms with E-state index >= 15 is 0 Å². The van der Waals surface area contributed by atoms with Crippen molar-refractivity contribution in [3.8, 4) is 0 Å². The van der Waals surface area contributed by atoms with Crippen molar-refractivity contribution in [2.24, 2.45) is 0 Å². The summed E-state index contributed by atoms with van der Waals surface area (Å²) in [4.78, 5) is 26.9. The van der Waals surface area contributed by atoms with Crippen LogP contribution < -0.4 is 0 Å². The molecule has 0 aliphatic rings. The third kappa shape index (κ3) is 2.38. The quantitative estimate of drug-likeness (QED) is 0.711. The number of nitrogens with zero attached hydrogens (tertiary/aromatic N) is 1. The highest BCUT2D eigenvalue weighted by Crippen LogP contribution is 2.19. The summed E-state index contributed by atoms with van der Waals surface area (Å²) in [6, 6.07) is 0. The van der Waals surface area contributed by atoms with Crippen molar-refractivity contribution >= 4 is 23.1 Å². The van der Waals surface area contributed by atoms with Crippen LogP contribution in [0.5, 0.6) is 0 Å². The van der Waals surface area contributed by atoms with Gasteiger partial charge in [-0.25, -0.2) is 9.78 Å². The smallest absolute Gasteiger partial charge is 0.357 e. The first-order valence-electron chi connectivity index (χ1n) is 4.08. The van der Waals surface area contributed by atoms with E-state index in [1.807, 2.05) is 0 Å². The summed E-state index contributed by atoms with van der Waals surface area (Å²) in [7, 11) is 1.30. The number of methoxy groups -OCH3 is 1. The van der Waals surface area contributed by atoms with Crippen LogP contribution in [0.15, 0.2) is 0 Å². The van der Waals surface area contributed by atoms with Gasteiger partial charge in [0.25, 0.3) is 0 Å². The molecule has 1 aromatic rings. The van der Waals surface area contributed by atoms with Gasteiger partial charge in [-0.1, -0.05) is 0 Å². The molecule has 0 bridgehead atoms. The van der Waals surface area contributed by atoms with E-state index in [0.29, 0.717) is 4.88 Å². The summed E-state index contributed by atoms with van der Waals surface area (Å²) in [6.07, 6.45) is 0.246. The molecule has 0 aromatic carbocycles. The highest BCUT2D eigenvalue weighted by molar-refractivity contribution is 7.12. The molecule has 0 amide bonds. The van der Waals surface area contributed by atoms with Crippen LogP contribution in [0, 0.1) is 6.92 Å². The molecule has 1 aromatic heterocycles. The van der Waals surface area contributed by atoms with Crippen molar-refractivity contribution in [1.82, 2.24) is 4.98 Å². The Kier molecular flexibility index (Phi) is 3.35. The molecule has 0 spiro atoms. The Bertz CT molecular complexity index is 370. The second-order valence-electron chi connectivity index (χ2n) is 2.88. The molecule has 76 valence electrons. The topological polar surface area (TPSA) is 56.3 Å². The fourth-order valence-electron chi connectivity index (χ4n) is 1.07. The normalized spacial score (nSPS) is 9.93. The van der Waals surface area contributed by atoms with E-state index in [1.54, 1.807) is 6.92 Å². The largest absolute Gasteiger partial charge is 0.464 e. The van der Waals surface area contributed by atoms with E-state index in [9.17, 15) is 9.59 Å². The Morgan fingerprint density at radius 1 is 1.50 bits per heavy atom. The zero-order chi connectivity index (χ0) is 10.7. The summed E-state index contributed by atoms with van der Waals surface area (Å²) in [5, 5.41) is 0.765. The molecule has 1 rings (SSSR count). The zero-order valence-electron chi connectivity index (χ0n) is 8.29. The van der Waals surface area contributed by atoms with E-state index in [1.165, 1.54) is 25.4 Å². The van der Waals surface area contributed by atoms with E-state index in [-0.39, 0.29) is 17.9 Å². The Morgan fingerprint density at radius 3 is 2.64 bits per heavy atom. The fraction of sp³-hybridized carbons (Fsp3) is 0.444. The number of carbonyl (C=O) groups excluding carboxylic acids is 2. The van der Waals surface area contributed by atoms with Crippen molar-refractivity contribution in [3.05, 3.63) is 15.6 Å². The molecule has 0 saturated carbocycles. The first kappa shape index (κ1) is 10.8. The van der Waals surface area contributed by atoms with Crippen molar-refractivity contribution in [3.63, 3.8) is 0 Å². The van der Waals surface area contributed by atoms with Crippen LogP contribution in [0.1, 0.15) is 27.3 Å². The molecule has 1 heterocycles. The van der Waals surface area contributed by atoms with Crippen LogP contribution in [0.25, 0.3) is 0 Å². The summed E-state index contributed by atoms with van der Waals surface area (Å²) in [5.41, 5.74) is 0.269. The van der Waals surface area contributed by atoms with E-state index in [0.717, 1.165) is 5.01 Å². The number of Topliss-reactive ketones (excluding diaryl/α,β-unsaturated/α-hetero) is 1. The van der Waals surface area contributed by atoms with Gasteiger partial charge in [0.1, 0.15) is 5.78 Å². The van der Waals surface area contributed by atoms with Gasteiger partial charge in [0.2, 0.25) is 0 Å². The first-order valence-corrected chi connectivity index (χ1v) is 4.90. The van der Waals surface area contributed by atoms with Crippen molar-refractivity contribution in [2.75, 3.05) is 7.11 Å². The second-order valence-corrected chi connectivity index (χ2v) is 4.16. The second kappa shape index (κ2) is 4.32. The summed E-state index contributed by atoms with van der Waals surface area (Å²) >= 11 is 1.35. The van der Waals surface area contributed by atoms with Crippen molar-refractivity contribution in [2.45, 2.75) is 20.3 Å². The SMILES string of the molecule is COC(=O)c1nc(C)sc1CC(C)=O.